The van der Waals surface area contributed by atoms with Crippen LogP contribution in [0.1, 0.15) is 31.7 Å². The number of nitrogens with one attached hydrogen (secondary N) is 1. The zero-order valence-electron chi connectivity index (χ0n) is 18.8. The molecule has 1 saturated carbocycles. The van der Waals surface area contributed by atoms with Crippen molar-refractivity contribution in [1.82, 2.24) is 34.8 Å². The van der Waals surface area contributed by atoms with Crippen LogP contribution < -0.4 is 5.32 Å². The summed E-state index contributed by atoms with van der Waals surface area (Å²) in [6.07, 6.45) is 16.1. The maximum atomic E-state index is 9.07. The molecule has 1 aliphatic rings. The molecule has 3 aromatic heterocycles. The van der Waals surface area contributed by atoms with E-state index in [9.17, 15) is 0 Å². The Labute approximate surface area is 193 Å². The Hall–Kier alpha value is -3.36. The molecular weight excluding hydrogens is 414 g/mol. The molecule has 8 nitrogen and oxygen atoms in total. The summed E-state index contributed by atoms with van der Waals surface area (Å²) < 4.78 is 3.87. The molecule has 3 heterocycles. The lowest BCUT2D eigenvalue weighted by Gasteiger charge is -2.30. The summed E-state index contributed by atoms with van der Waals surface area (Å²) in [5.41, 5.74) is 5.12. The van der Waals surface area contributed by atoms with Gasteiger partial charge in [0.05, 0.1) is 25.0 Å². The monoisotopic (exact) mass is 443 g/mol. The summed E-state index contributed by atoms with van der Waals surface area (Å²) in [4.78, 5) is 9.26. The Morgan fingerprint density at radius 3 is 2.52 bits per heavy atom. The Morgan fingerprint density at radius 2 is 1.73 bits per heavy atom. The molecule has 0 saturated heterocycles. The summed E-state index contributed by atoms with van der Waals surface area (Å²) >= 11 is 0. The van der Waals surface area contributed by atoms with E-state index in [0.717, 1.165) is 47.1 Å². The zero-order chi connectivity index (χ0) is 22.6. The van der Waals surface area contributed by atoms with Gasteiger partial charge in [0.2, 0.25) is 0 Å². The maximum Gasteiger partial charge on any atom is 0.159 e. The van der Waals surface area contributed by atoms with E-state index in [4.69, 9.17) is 5.11 Å². The van der Waals surface area contributed by atoms with Crippen LogP contribution in [0.3, 0.4) is 0 Å². The minimum atomic E-state index is 0.177. The van der Waals surface area contributed by atoms with E-state index in [1.807, 2.05) is 50.2 Å². The van der Waals surface area contributed by atoms with Crippen LogP contribution >= 0.6 is 0 Å². The van der Waals surface area contributed by atoms with Crippen LogP contribution in [0.25, 0.3) is 33.6 Å². The minimum absolute atomic E-state index is 0.177. The molecule has 0 aliphatic heterocycles. The second-order valence-corrected chi connectivity index (χ2v) is 8.68. The average Bonchev–Trinajstić information content (AvgIpc) is 3.53. The third-order valence-electron chi connectivity index (χ3n) is 6.31. The second kappa shape index (κ2) is 9.64. The van der Waals surface area contributed by atoms with Gasteiger partial charge in [-0.3, -0.25) is 9.36 Å². The van der Waals surface area contributed by atoms with Crippen molar-refractivity contribution < 1.29 is 5.11 Å². The average molecular weight is 444 g/mol. The lowest BCUT2D eigenvalue weighted by molar-refractivity contribution is 0.241. The van der Waals surface area contributed by atoms with Crippen molar-refractivity contribution in [1.29, 1.82) is 0 Å². The third-order valence-corrected chi connectivity index (χ3v) is 6.31. The first-order valence-electron chi connectivity index (χ1n) is 11.5. The molecule has 2 atom stereocenters. The molecule has 33 heavy (non-hydrogen) atoms. The van der Waals surface area contributed by atoms with Gasteiger partial charge in [0.25, 0.3) is 0 Å². The van der Waals surface area contributed by atoms with E-state index < -0.39 is 0 Å². The van der Waals surface area contributed by atoms with Gasteiger partial charge in [-0.25, -0.2) is 9.97 Å². The van der Waals surface area contributed by atoms with Crippen LogP contribution in [-0.4, -0.2) is 53.8 Å². The van der Waals surface area contributed by atoms with Crippen molar-refractivity contribution in [3.63, 3.8) is 0 Å². The second-order valence-electron chi connectivity index (χ2n) is 8.68. The van der Waals surface area contributed by atoms with E-state index >= 15 is 0 Å². The molecule has 5 rings (SSSR count). The molecule has 0 radical (unpaired) electrons. The van der Waals surface area contributed by atoms with Crippen molar-refractivity contribution in [3.8, 4) is 33.6 Å². The molecule has 8 heteroatoms. The van der Waals surface area contributed by atoms with Crippen LogP contribution in [0.5, 0.6) is 0 Å². The standard InChI is InChI=1S/C25H29N7O/c1-31-16-21(14-29-31)18-4-2-5-19(10-18)25-27-12-20(13-28-25)22-15-30-32(17-22)24-7-3-6-23(11-24)26-8-9-33/h2,4-5,10,12-17,23-24,26,33H,3,6-9,11H2,1H3/t23-,24-/m0/s1. The van der Waals surface area contributed by atoms with Gasteiger partial charge in [-0.1, -0.05) is 18.2 Å². The van der Waals surface area contributed by atoms with Crippen LogP contribution in [0.4, 0.5) is 0 Å². The Kier molecular flexibility index (Phi) is 6.28. The van der Waals surface area contributed by atoms with E-state index in [1.165, 1.54) is 6.42 Å². The quantitative estimate of drug-likeness (QED) is 0.454. The van der Waals surface area contributed by atoms with Gasteiger partial charge < -0.3 is 10.4 Å². The fourth-order valence-corrected chi connectivity index (χ4v) is 4.58. The molecule has 170 valence electrons. The van der Waals surface area contributed by atoms with Gasteiger partial charge in [-0.2, -0.15) is 10.2 Å². The number of nitrogens with zero attached hydrogens (tertiary/aromatic N) is 6. The molecular formula is C25H29N7O. The highest BCUT2D eigenvalue weighted by Gasteiger charge is 2.23. The molecule has 1 fully saturated rings. The Morgan fingerprint density at radius 1 is 0.939 bits per heavy atom. The topological polar surface area (TPSA) is 93.7 Å². The number of benzene rings is 1. The van der Waals surface area contributed by atoms with Gasteiger partial charge in [0.15, 0.2) is 5.82 Å². The van der Waals surface area contributed by atoms with Crippen molar-refractivity contribution in [2.75, 3.05) is 13.2 Å². The summed E-state index contributed by atoms with van der Waals surface area (Å²) in [6, 6.07) is 9.02. The number of hydrogen-bond donors (Lipinski definition) is 2. The molecule has 1 aromatic carbocycles. The first kappa shape index (κ1) is 21.5. The van der Waals surface area contributed by atoms with E-state index in [0.29, 0.717) is 24.5 Å². The number of aliphatic hydroxyl groups is 1. The maximum absolute atomic E-state index is 9.07. The van der Waals surface area contributed by atoms with Gasteiger partial charge in [-0.15, -0.1) is 0 Å². The zero-order valence-corrected chi connectivity index (χ0v) is 18.8. The summed E-state index contributed by atoms with van der Waals surface area (Å²) in [7, 11) is 1.91. The lowest BCUT2D eigenvalue weighted by Crippen LogP contribution is -2.36. The van der Waals surface area contributed by atoms with Crippen molar-refractivity contribution >= 4 is 0 Å². The minimum Gasteiger partial charge on any atom is -0.395 e. The van der Waals surface area contributed by atoms with Gasteiger partial charge in [0.1, 0.15) is 0 Å². The number of aromatic nitrogens is 6. The first-order valence-corrected chi connectivity index (χ1v) is 11.5. The van der Waals surface area contributed by atoms with Gasteiger partial charge in [-0.05, 0) is 37.3 Å². The first-order chi connectivity index (χ1) is 16.2. The molecule has 1 aliphatic carbocycles. The van der Waals surface area contributed by atoms with Gasteiger partial charge in [0, 0.05) is 66.7 Å². The molecule has 2 N–H and O–H groups in total. The molecule has 0 bridgehead atoms. The lowest BCUT2D eigenvalue weighted by atomic mass is 9.91. The van der Waals surface area contributed by atoms with Crippen LogP contribution in [0, 0.1) is 0 Å². The summed E-state index contributed by atoms with van der Waals surface area (Å²) in [5.74, 6) is 0.696. The van der Waals surface area contributed by atoms with Crippen LogP contribution in [0.15, 0.2) is 61.4 Å². The van der Waals surface area contributed by atoms with E-state index in [2.05, 4.69) is 48.5 Å². The van der Waals surface area contributed by atoms with Gasteiger partial charge >= 0.3 is 0 Å². The summed E-state index contributed by atoms with van der Waals surface area (Å²) in [6.45, 7) is 0.827. The summed E-state index contributed by atoms with van der Waals surface area (Å²) in [5, 5.41) is 21.4. The van der Waals surface area contributed by atoms with E-state index in [1.54, 1.807) is 4.68 Å². The van der Waals surface area contributed by atoms with Crippen molar-refractivity contribution in [2.24, 2.45) is 7.05 Å². The number of hydrogen-bond acceptors (Lipinski definition) is 6. The highest BCUT2D eigenvalue weighted by Crippen LogP contribution is 2.30. The predicted molar refractivity (Wildman–Crippen MR) is 127 cm³/mol. The van der Waals surface area contributed by atoms with Crippen LogP contribution in [0.2, 0.25) is 0 Å². The highest BCUT2D eigenvalue weighted by atomic mass is 16.3. The molecule has 4 aromatic rings. The molecule has 0 amide bonds. The fourth-order valence-electron chi connectivity index (χ4n) is 4.58. The normalized spacial score (nSPS) is 18.5. The smallest absolute Gasteiger partial charge is 0.159 e. The van der Waals surface area contributed by atoms with Crippen LogP contribution in [-0.2, 0) is 7.05 Å². The molecule has 0 unspecified atom stereocenters. The van der Waals surface area contributed by atoms with Crippen molar-refractivity contribution in [3.05, 3.63) is 61.4 Å². The molecule has 0 spiro atoms. The number of rotatable bonds is 7. The predicted octanol–water partition coefficient (Wildman–Crippen LogP) is 3.47. The number of aryl methyl sites for hydroxylation is 1. The SMILES string of the molecule is Cn1cc(-c2cccc(-c3ncc(-c4cnn([C@H]5CCC[C@H](NCCO)C5)c4)cn3)c2)cn1. The Bertz CT molecular complexity index is 1200. The Balaban J connectivity index is 1.30. The largest absolute Gasteiger partial charge is 0.395 e. The van der Waals surface area contributed by atoms with E-state index in [-0.39, 0.29) is 6.61 Å². The highest BCUT2D eigenvalue weighted by molar-refractivity contribution is 5.70. The number of aliphatic hydroxyl groups excluding tert-OH is 1. The fraction of sp³-hybridized carbons (Fsp3) is 0.360. The van der Waals surface area contributed by atoms with Crippen molar-refractivity contribution in [2.45, 2.75) is 37.8 Å². The third kappa shape index (κ3) is 4.86.